The fourth-order valence-corrected chi connectivity index (χ4v) is 2.66. The Morgan fingerprint density at radius 1 is 1.33 bits per heavy atom. The van der Waals surface area contributed by atoms with Crippen LogP contribution in [0.15, 0.2) is 29.3 Å². The zero-order chi connectivity index (χ0) is 16.9. The van der Waals surface area contributed by atoms with Gasteiger partial charge >= 0.3 is 0 Å². The van der Waals surface area contributed by atoms with Crippen LogP contribution < -0.4 is 15.4 Å². The molecule has 3 rings (SSSR count). The van der Waals surface area contributed by atoms with E-state index in [0.717, 1.165) is 36.3 Å². The first-order valence-corrected chi connectivity index (χ1v) is 8.29. The molecular formula is C17H24N6O. The first-order chi connectivity index (χ1) is 11.7. The summed E-state index contributed by atoms with van der Waals surface area (Å²) in [4.78, 5) is 4.58. The Hall–Kier alpha value is -2.57. The van der Waals surface area contributed by atoms with Crippen LogP contribution >= 0.6 is 0 Å². The maximum atomic E-state index is 5.95. The number of nitrogens with zero attached hydrogens (tertiary/aromatic N) is 4. The molecule has 1 aliphatic heterocycles. The van der Waals surface area contributed by atoms with Gasteiger partial charge in [-0.25, -0.2) is 4.99 Å². The summed E-state index contributed by atoms with van der Waals surface area (Å²) in [7, 11) is 1.95. The molecule has 2 heterocycles. The van der Waals surface area contributed by atoms with Gasteiger partial charge in [0.2, 0.25) is 0 Å². The molecule has 2 N–H and O–H groups in total. The van der Waals surface area contributed by atoms with E-state index in [2.05, 4.69) is 31.9 Å². The second-order valence-corrected chi connectivity index (χ2v) is 5.85. The first kappa shape index (κ1) is 16.3. The van der Waals surface area contributed by atoms with Crippen molar-refractivity contribution in [1.29, 1.82) is 0 Å². The second kappa shape index (κ2) is 7.33. The van der Waals surface area contributed by atoms with Crippen molar-refractivity contribution in [3.8, 4) is 5.75 Å². The SMILES string of the molecule is CCNC(=NCc1nnc(C)n1C)NCC1Cc2ccccc2O1. The van der Waals surface area contributed by atoms with Crippen molar-refractivity contribution < 1.29 is 4.74 Å². The quantitative estimate of drug-likeness (QED) is 0.637. The number of hydrogen-bond donors (Lipinski definition) is 2. The van der Waals surface area contributed by atoms with Crippen LogP contribution in [0.3, 0.4) is 0 Å². The smallest absolute Gasteiger partial charge is 0.191 e. The van der Waals surface area contributed by atoms with Gasteiger partial charge in [-0.1, -0.05) is 18.2 Å². The lowest BCUT2D eigenvalue weighted by molar-refractivity contribution is 0.235. The van der Waals surface area contributed by atoms with E-state index in [1.165, 1.54) is 5.56 Å². The molecule has 0 fully saturated rings. The summed E-state index contributed by atoms with van der Waals surface area (Å²) in [5, 5.41) is 14.8. The van der Waals surface area contributed by atoms with Gasteiger partial charge in [0.1, 0.15) is 24.2 Å². The zero-order valence-electron chi connectivity index (χ0n) is 14.4. The highest BCUT2D eigenvalue weighted by Crippen LogP contribution is 2.27. The first-order valence-electron chi connectivity index (χ1n) is 8.29. The van der Waals surface area contributed by atoms with E-state index in [1.54, 1.807) is 0 Å². The van der Waals surface area contributed by atoms with E-state index in [4.69, 9.17) is 4.74 Å². The van der Waals surface area contributed by atoms with Gasteiger partial charge < -0.3 is 19.9 Å². The third-order valence-corrected chi connectivity index (χ3v) is 4.12. The minimum absolute atomic E-state index is 0.128. The van der Waals surface area contributed by atoms with E-state index in [9.17, 15) is 0 Å². The Bertz CT molecular complexity index is 699. The monoisotopic (exact) mass is 328 g/mol. The van der Waals surface area contributed by atoms with Crippen LogP contribution in [0, 0.1) is 6.92 Å². The van der Waals surface area contributed by atoms with Crippen molar-refractivity contribution in [2.45, 2.75) is 32.9 Å². The van der Waals surface area contributed by atoms with E-state index < -0.39 is 0 Å². The van der Waals surface area contributed by atoms with Crippen molar-refractivity contribution in [3.63, 3.8) is 0 Å². The number of aryl methyl sites for hydroxylation is 1. The molecule has 7 nitrogen and oxygen atoms in total. The fourth-order valence-electron chi connectivity index (χ4n) is 2.66. The van der Waals surface area contributed by atoms with E-state index in [0.29, 0.717) is 13.1 Å². The summed E-state index contributed by atoms with van der Waals surface area (Å²) in [5.41, 5.74) is 1.26. The Morgan fingerprint density at radius 3 is 2.88 bits per heavy atom. The van der Waals surface area contributed by atoms with Crippen LogP contribution in [0.4, 0.5) is 0 Å². The Morgan fingerprint density at radius 2 is 2.17 bits per heavy atom. The minimum Gasteiger partial charge on any atom is -0.488 e. The fraction of sp³-hybridized carbons (Fsp3) is 0.471. The molecular weight excluding hydrogens is 304 g/mol. The number of aliphatic imine (C=N–C) groups is 1. The van der Waals surface area contributed by atoms with Crippen LogP contribution in [-0.2, 0) is 20.0 Å². The lowest BCUT2D eigenvalue weighted by Crippen LogP contribution is -2.42. The number of benzene rings is 1. The summed E-state index contributed by atoms with van der Waals surface area (Å²) in [5.74, 6) is 3.48. The molecule has 24 heavy (non-hydrogen) atoms. The van der Waals surface area contributed by atoms with Crippen LogP contribution in [-0.4, -0.2) is 39.9 Å². The van der Waals surface area contributed by atoms with E-state index >= 15 is 0 Å². The summed E-state index contributed by atoms with van der Waals surface area (Å²) in [6.07, 6.45) is 1.05. The van der Waals surface area contributed by atoms with Crippen LogP contribution in [0.2, 0.25) is 0 Å². The Kier molecular flexibility index (Phi) is 4.98. The lowest BCUT2D eigenvalue weighted by atomic mass is 10.1. The highest BCUT2D eigenvalue weighted by Gasteiger charge is 2.22. The molecule has 0 bridgehead atoms. The van der Waals surface area contributed by atoms with Gasteiger partial charge in [0.15, 0.2) is 11.8 Å². The molecule has 0 spiro atoms. The van der Waals surface area contributed by atoms with Gasteiger partial charge in [0.05, 0.1) is 6.54 Å². The topological polar surface area (TPSA) is 76.4 Å². The molecule has 1 atom stereocenters. The predicted octanol–water partition coefficient (Wildman–Crippen LogP) is 1.18. The average molecular weight is 328 g/mol. The highest BCUT2D eigenvalue weighted by atomic mass is 16.5. The second-order valence-electron chi connectivity index (χ2n) is 5.85. The van der Waals surface area contributed by atoms with Crippen molar-refractivity contribution in [1.82, 2.24) is 25.4 Å². The number of ether oxygens (including phenoxy) is 1. The molecule has 0 aliphatic carbocycles. The largest absolute Gasteiger partial charge is 0.488 e. The number of nitrogens with one attached hydrogen (secondary N) is 2. The average Bonchev–Trinajstić information content (AvgIpc) is 3.14. The van der Waals surface area contributed by atoms with E-state index in [-0.39, 0.29) is 6.10 Å². The number of rotatable bonds is 5. The molecule has 1 aromatic carbocycles. The highest BCUT2D eigenvalue weighted by molar-refractivity contribution is 5.79. The summed E-state index contributed by atoms with van der Waals surface area (Å²) >= 11 is 0. The zero-order valence-corrected chi connectivity index (χ0v) is 14.4. The summed E-state index contributed by atoms with van der Waals surface area (Å²) < 4.78 is 7.90. The summed E-state index contributed by atoms with van der Waals surface area (Å²) in [6, 6.07) is 8.19. The number of hydrogen-bond acceptors (Lipinski definition) is 4. The van der Waals surface area contributed by atoms with Gasteiger partial charge in [-0.15, -0.1) is 10.2 Å². The normalized spacial score (nSPS) is 16.6. The third-order valence-electron chi connectivity index (χ3n) is 4.12. The van der Waals surface area contributed by atoms with Gasteiger partial charge in [-0.2, -0.15) is 0 Å². The van der Waals surface area contributed by atoms with Crippen LogP contribution in [0.25, 0.3) is 0 Å². The molecule has 1 unspecified atom stereocenters. The molecule has 1 aromatic heterocycles. The van der Waals surface area contributed by atoms with Crippen LogP contribution in [0.1, 0.15) is 24.1 Å². The molecule has 0 radical (unpaired) electrons. The number of aromatic nitrogens is 3. The number of guanidine groups is 1. The van der Waals surface area contributed by atoms with Gasteiger partial charge in [0.25, 0.3) is 0 Å². The molecule has 1 aliphatic rings. The maximum absolute atomic E-state index is 5.95. The standard InChI is InChI=1S/C17H24N6O/c1-4-18-17(20-11-16-22-21-12(2)23(16)3)19-10-14-9-13-7-5-6-8-15(13)24-14/h5-8,14H,4,9-11H2,1-3H3,(H2,18,19,20). The van der Waals surface area contributed by atoms with Crippen molar-refractivity contribution >= 4 is 5.96 Å². The molecule has 128 valence electrons. The van der Waals surface area contributed by atoms with E-state index in [1.807, 2.05) is 43.7 Å². The molecule has 0 amide bonds. The summed E-state index contributed by atoms with van der Waals surface area (Å²) in [6.45, 7) is 5.97. The molecule has 7 heteroatoms. The lowest BCUT2D eigenvalue weighted by Gasteiger charge is -2.15. The minimum atomic E-state index is 0.128. The Labute approximate surface area is 142 Å². The van der Waals surface area contributed by atoms with Crippen molar-refractivity contribution in [2.24, 2.45) is 12.0 Å². The molecule has 0 saturated heterocycles. The third kappa shape index (κ3) is 3.67. The van der Waals surface area contributed by atoms with Crippen LogP contribution in [0.5, 0.6) is 5.75 Å². The Balaban J connectivity index is 1.56. The van der Waals surface area contributed by atoms with Gasteiger partial charge in [-0.05, 0) is 25.5 Å². The number of fused-ring (bicyclic) bond motifs is 1. The predicted molar refractivity (Wildman–Crippen MR) is 93.1 cm³/mol. The van der Waals surface area contributed by atoms with Gasteiger partial charge in [0, 0.05) is 20.0 Å². The number of para-hydroxylation sites is 1. The molecule has 2 aromatic rings. The van der Waals surface area contributed by atoms with Crippen molar-refractivity contribution in [3.05, 3.63) is 41.5 Å². The maximum Gasteiger partial charge on any atom is 0.191 e. The van der Waals surface area contributed by atoms with Gasteiger partial charge in [-0.3, -0.25) is 0 Å². The molecule has 0 saturated carbocycles. The van der Waals surface area contributed by atoms with Crippen molar-refractivity contribution in [2.75, 3.05) is 13.1 Å².